The average molecular weight is 283 g/mol. The number of benzene rings is 1. The Balaban J connectivity index is 2.05. The third kappa shape index (κ3) is 2.75. The Kier molecular flexibility index (Phi) is 4.11. The molecule has 0 aliphatic heterocycles. The van der Waals surface area contributed by atoms with Crippen molar-refractivity contribution in [1.82, 2.24) is 4.98 Å². The standard InChI is InChI=1S/C18H25N3/c1-13-7-3-6-10-17(13)21(2)18-16-9-5-4-8-14(16)11-15(12-19)20-18/h4-5,8-9,11,13,17H,3,6-7,10,12,19H2,1-2H3. The van der Waals surface area contributed by atoms with Gasteiger partial charge in [0.15, 0.2) is 0 Å². The number of anilines is 1. The van der Waals surface area contributed by atoms with E-state index in [9.17, 15) is 0 Å². The van der Waals surface area contributed by atoms with Gasteiger partial charge in [-0.25, -0.2) is 4.98 Å². The van der Waals surface area contributed by atoms with Gasteiger partial charge in [-0.05, 0) is 30.2 Å². The monoisotopic (exact) mass is 283 g/mol. The van der Waals surface area contributed by atoms with E-state index in [-0.39, 0.29) is 0 Å². The SMILES string of the molecule is CC1CCCCC1N(C)c1nc(CN)cc2ccccc12. The molecule has 1 heterocycles. The van der Waals surface area contributed by atoms with E-state index in [2.05, 4.69) is 49.2 Å². The van der Waals surface area contributed by atoms with Gasteiger partial charge in [0, 0.05) is 25.0 Å². The molecular formula is C18H25N3. The second-order valence-electron chi connectivity index (χ2n) is 6.30. The summed E-state index contributed by atoms with van der Waals surface area (Å²) in [6.45, 7) is 2.86. The average Bonchev–Trinajstić information content (AvgIpc) is 2.53. The number of aromatic nitrogens is 1. The minimum absolute atomic E-state index is 0.492. The first-order valence-corrected chi connectivity index (χ1v) is 8.02. The number of fused-ring (bicyclic) bond motifs is 1. The Morgan fingerprint density at radius 3 is 2.76 bits per heavy atom. The van der Waals surface area contributed by atoms with Gasteiger partial charge in [0.05, 0.1) is 5.69 Å². The highest BCUT2D eigenvalue weighted by Gasteiger charge is 2.26. The van der Waals surface area contributed by atoms with Crippen molar-refractivity contribution < 1.29 is 0 Å². The lowest BCUT2D eigenvalue weighted by atomic mass is 9.85. The summed E-state index contributed by atoms with van der Waals surface area (Å²) in [4.78, 5) is 7.22. The zero-order valence-corrected chi connectivity index (χ0v) is 13.0. The van der Waals surface area contributed by atoms with Crippen LogP contribution in [0, 0.1) is 5.92 Å². The minimum atomic E-state index is 0.492. The van der Waals surface area contributed by atoms with Crippen LogP contribution in [0.5, 0.6) is 0 Å². The summed E-state index contributed by atoms with van der Waals surface area (Å²) in [6.07, 6.45) is 5.28. The van der Waals surface area contributed by atoms with Gasteiger partial charge in [0.2, 0.25) is 0 Å². The van der Waals surface area contributed by atoms with Crippen molar-refractivity contribution in [3.63, 3.8) is 0 Å². The van der Waals surface area contributed by atoms with Crippen LogP contribution in [0.4, 0.5) is 5.82 Å². The molecule has 3 nitrogen and oxygen atoms in total. The Bertz CT molecular complexity index is 623. The fourth-order valence-electron chi connectivity index (χ4n) is 3.64. The largest absolute Gasteiger partial charge is 0.356 e. The number of rotatable bonds is 3. The Morgan fingerprint density at radius 1 is 1.24 bits per heavy atom. The number of nitrogens with zero attached hydrogens (tertiary/aromatic N) is 2. The van der Waals surface area contributed by atoms with Gasteiger partial charge in [-0.15, -0.1) is 0 Å². The molecule has 1 fully saturated rings. The maximum absolute atomic E-state index is 5.83. The highest BCUT2D eigenvalue weighted by Crippen LogP contribution is 2.33. The second-order valence-corrected chi connectivity index (χ2v) is 6.30. The lowest BCUT2D eigenvalue weighted by Gasteiger charge is -2.37. The molecule has 2 atom stereocenters. The van der Waals surface area contributed by atoms with E-state index in [1.165, 1.54) is 36.5 Å². The summed E-state index contributed by atoms with van der Waals surface area (Å²) in [5, 5.41) is 2.47. The molecule has 21 heavy (non-hydrogen) atoms. The molecule has 1 aromatic carbocycles. The van der Waals surface area contributed by atoms with Crippen LogP contribution in [-0.4, -0.2) is 18.1 Å². The zero-order valence-electron chi connectivity index (χ0n) is 13.0. The second kappa shape index (κ2) is 6.02. The molecule has 1 aromatic heterocycles. The number of hydrogen-bond donors (Lipinski definition) is 1. The van der Waals surface area contributed by atoms with Gasteiger partial charge in [-0.3, -0.25) is 0 Å². The van der Waals surface area contributed by atoms with Crippen LogP contribution in [0.15, 0.2) is 30.3 Å². The van der Waals surface area contributed by atoms with E-state index in [4.69, 9.17) is 10.7 Å². The minimum Gasteiger partial charge on any atom is -0.356 e. The third-order valence-electron chi connectivity index (χ3n) is 4.88. The fraction of sp³-hybridized carbons (Fsp3) is 0.500. The highest BCUT2D eigenvalue weighted by atomic mass is 15.2. The molecule has 0 spiro atoms. The van der Waals surface area contributed by atoms with Crippen molar-refractivity contribution in [2.45, 2.75) is 45.2 Å². The van der Waals surface area contributed by atoms with Gasteiger partial charge in [-0.1, -0.05) is 44.0 Å². The van der Waals surface area contributed by atoms with Crippen molar-refractivity contribution in [3.05, 3.63) is 36.0 Å². The molecule has 2 aromatic rings. The molecular weight excluding hydrogens is 258 g/mol. The van der Waals surface area contributed by atoms with E-state index < -0.39 is 0 Å². The summed E-state index contributed by atoms with van der Waals surface area (Å²) in [6, 6.07) is 11.2. The summed E-state index contributed by atoms with van der Waals surface area (Å²) in [7, 11) is 2.20. The van der Waals surface area contributed by atoms with Crippen molar-refractivity contribution in [1.29, 1.82) is 0 Å². The summed E-state index contributed by atoms with van der Waals surface area (Å²) >= 11 is 0. The summed E-state index contributed by atoms with van der Waals surface area (Å²) in [5.41, 5.74) is 6.81. The van der Waals surface area contributed by atoms with E-state index in [1.54, 1.807) is 0 Å². The van der Waals surface area contributed by atoms with Crippen LogP contribution >= 0.6 is 0 Å². The smallest absolute Gasteiger partial charge is 0.136 e. The molecule has 0 amide bonds. The van der Waals surface area contributed by atoms with Crippen LogP contribution in [0.1, 0.15) is 38.3 Å². The molecule has 2 N–H and O–H groups in total. The first kappa shape index (κ1) is 14.3. The lowest BCUT2D eigenvalue weighted by molar-refractivity contribution is 0.321. The number of hydrogen-bond acceptors (Lipinski definition) is 3. The van der Waals surface area contributed by atoms with E-state index >= 15 is 0 Å². The predicted octanol–water partition coefficient (Wildman–Crippen LogP) is 3.71. The molecule has 0 bridgehead atoms. The summed E-state index contributed by atoms with van der Waals surface area (Å²) in [5.74, 6) is 1.82. The molecule has 0 radical (unpaired) electrons. The molecule has 2 unspecified atom stereocenters. The first-order chi connectivity index (χ1) is 10.2. The molecule has 3 rings (SSSR count). The normalized spacial score (nSPS) is 22.4. The topological polar surface area (TPSA) is 42.2 Å². The van der Waals surface area contributed by atoms with Crippen LogP contribution in [-0.2, 0) is 6.54 Å². The van der Waals surface area contributed by atoms with Crippen LogP contribution in [0.3, 0.4) is 0 Å². The van der Waals surface area contributed by atoms with Gasteiger partial charge in [-0.2, -0.15) is 0 Å². The van der Waals surface area contributed by atoms with Gasteiger partial charge < -0.3 is 10.6 Å². The quantitative estimate of drug-likeness (QED) is 0.933. The summed E-state index contributed by atoms with van der Waals surface area (Å²) < 4.78 is 0. The number of pyridine rings is 1. The highest BCUT2D eigenvalue weighted by molar-refractivity contribution is 5.92. The Morgan fingerprint density at radius 2 is 2.00 bits per heavy atom. The molecule has 1 aliphatic carbocycles. The molecule has 3 heteroatoms. The number of nitrogens with two attached hydrogens (primary N) is 1. The molecule has 112 valence electrons. The van der Waals surface area contributed by atoms with Crippen molar-refractivity contribution >= 4 is 16.6 Å². The van der Waals surface area contributed by atoms with Crippen molar-refractivity contribution in [2.24, 2.45) is 11.7 Å². The maximum Gasteiger partial charge on any atom is 0.136 e. The Labute approximate surface area is 127 Å². The third-order valence-corrected chi connectivity index (χ3v) is 4.88. The molecule has 1 aliphatic rings. The molecule has 1 saturated carbocycles. The molecule has 0 saturated heterocycles. The van der Waals surface area contributed by atoms with Gasteiger partial charge >= 0.3 is 0 Å². The zero-order chi connectivity index (χ0) is 14.8. The first-order valence-electron chi connectivity index (χ1n) is 8.02. The van der Waals surface area contributed by atoms with E-state index in [0.717, 1.165) is 17.4 Å². The van der Waals surface area contributed by atoms with Crippen molar-refractivity contribution in [3.8, 4) is 0 Å². The van der Waals surface area contributed by atoms with Crippen molar-refractivity contribution in [2.75, 3.05) is 11.9 Å². The maximum atomic E-state index is 5.83. The van der Waals surface area contributed by atoms with Crippen LogP contribution in [0.25, 0.3) is 10.8 Å². The van der Waals surface area contributed by atoms with Gasteiger partial charge in [0.1, 0.15) is 5.82 Å². The van der Waals surface area contributed by atoms with Crippen LogP contribution in [0.2, 0.25) is 0 Å². The predicted molar refractivity (Wildman–Crippen MR) is 89.5 cm³/mol. The van der Waals surface area contributed by atoms with E-state index in [1.807, 2.05) is 0 Å². The van der Waals surface area contributed by atoms with E-state index in [0.29, 0.717) is 12.6 Å². The van der Waals surface area contributed by atoms with Gasteiger partial charge in [0.25, 0.3) is 0 Å². The fourth-order valence-corrected chi connectivity index (χ4v) is 3.64. The van der Waals surface area contributed by atoms with Crippen LogP contribution < -0.4 is 10.6 Å². The Hall–Kier alpha value is -1.61. The lowest BCUT2D eigenvalue weighted by Crippen LogP contribution is -2.39.